The van der Waals surface area contributed by atoms with Crippen LogP contribution in [0.3, 0.4) is 0 Å². The van der Waals surface area contributed by atoms with Crippen molar-refractivity contribution in [2.75, 3.05) is 25.0 Å². The van der Waals surface area contributed by atoms with Crippen LogP contribution in [0.4, 0.5) is 0 Å². The zero-order chi connectivity index (χ0) is 10.9. The van der Waals surface area contributed by atoms with E-state index in [1.807, 2.05) is 6.92 Å². The third-order valence-corrected chi connectivity index (χ3v) is 5.23. The monoisotopic (exact) mass is 275 g/mol. The first-order valence-corrected chi connectivity index (χ1v) is 7.18. The van der Waals surface area contributed by atoms with E-state index in [-0.39, 0.29) is 0 Å². The highest BCUT2D eigenvalue weighted by Crippen LogP contribution is 2.41. The van der Waals surface area contributed by atoms with Gasteiger partial charge in [0, 0.05) is 25.0 Å². The highest BCUT2D eigenvalue weighted by molar-refractivity contribution is 9.09. The summed E-state index contributed by atoms with van der Waals surface area (Å²) >= 11 is 3.68. The van der Waals surface area contributed by atoms with Crippen molar-refractivity contribution < 1.29 is 5.11 Å². The van der Waals surface area contributed by atoms with Gasteiger partial charge in [0.2, 0.25) is 0 Å². The smallest absolute Gasteiger partial charge is 0.0758 e. The highest BCUT2D eigenvalue weighted by atomic mass is 79.9. The van der Waals surface area contributed by atoms with Crippen LogP contribution in [-0.2, 0) is 0 Å². The molecule has 0 spiro atoms. The largest absolute Gasteiger partial charge is 0.389 e. The van der Waals surface area contributed by atoms with E-state index in [4.69, 9.17) is 0 Å². The highest BCUT2D eigenvalue weighted by Gasteiger charge is 2.38. The van der Waals surface area contributed by atoms with Crippen LogP contribution in [0.5, 0.6) is 0 Å². The van der Waals surface area contributed by atoms with Crippen molar-refractivity contribution in [3.05, 3.63) is 0 Å². The molecule has 0 aromatic carbocycles. The van der Waals surface area contributed by atoms with Gasteiger partial charge in [-0.1, -0.05) is 28.8 Å². The first kappa shape index (κ1) is 11.9. The molecule has 0 aromatic heterocycles. The van der Waals surface area contributed by atoms with Gasteiger partial charge >= 0.3 is 0 Å². The van der Waals surface area contributed by atoms with Crippen LogP contribution < -0.4 is 0 Å². The third kappa shape index (κ3) is 2.75. The van der Waals surface area contributed by atoms with Crippen LogP contribution in [0, 0.1) is 5.41 Å². The van der Waals surface area contributed by atoms with Crippen LogP contribution in [0.2, 0.25) is 0 Å². The van der Waals surface area contributed by atoms with Crippen molar-refractivity contribution in [1.29, 1.82) is 0 Å². The summed E-state index contributed by atoms with van der Waals surface area (Å²) in [4.78, 5) is 2.45. The molecular weight excluding hydrogens is 254 g/mol. The fraction of sp³-hybridized carbons (Fsp3) is 1.00. The quantitative estimate of drug-likeness (QED) is 0.800. The van der Waals surface area contributed by atoms with E-state index < -0.39 is 5.60 Å². The Hall–Kier alpha value is 0.400. The van der Waals surface area contributed by atoms with Crippen LogP contribution in [0.1, 0.15) is 39.0 Å². The molecule has 0 radical (unpaired) electrons. The molecule has 1 heterocycles. The Morgan fingerprint density at radius 1 is 1.27 bits per heavy atom. The molecule has 2 aliphatic rings. The van der Waals surface area contributed by atoms with Crippen LogP contribution in [0.15, 0.2) is 0 Å². The third-order valence-electron chi connectivity index (χ3n) is 4.04. The van der Waals surface area contributed by atoms with Crippen molar-refractivity contribution in [2.45, 2.75) is 44.6 Å². The minimum absolute atomic E-state index is 0.438. The van der Waals surface area contributed by atoms with E-state index in [0.29, 0.717) is 5.41 Å². The Morgan fingerprint density at radius 3 is 2.40 bits per heavy atom. The Kier molecular flexibility index (Phi) is 3.44. The van der Waals surface area contributed by atoms with Gasteiger partial charge in [-0.3, -0.25) is 4.90 Å². The SMILES string of the molecule is CC1(O)CCN(CC2(CBr)CCCC2)C1. The number of likely N-dealkylation sites (tertiary alicyclic amines) is 1. The predicted molar refractivity (Wildman–Crippen MR) is 66.4 cm³/mol. The summed E-state index contributed by atoms with van der Waals surface area (Å²) in [7, 11) is 0. The Balaban J connectivity index is 1.91. The van der Waals surface area contributed by atoms with Crippen LogP contribution >= 0.6 is 15.9 Å². The molecular formula is C12H22BrNO. The molecule has 2 rings (SSSR count). The molecule has 15 heavy (non-hydrogen) atoms. The average Bonchev–Trinajstić information content (AvgIpc) is 2.75. The van der Waals surface area contributed by atoms with E-state index in [1.165, 1.54) is 32.2 Å². The summed E-state index contributed by atoms with van der Waals surface area (Å²) in [6, 6.07) is 0. The number of nitrogens with zero attached hydrogens (tertiary/aromatic N) is 1. The topological polar surface area (TPSA) is 23.5 Å². The van der Waals surface area contributed by atoms with E-state index in [2.05, 4.69) is 20.8 Å². The van der Waals surface area contributed by atoms with Crippen molar-refractivity contribution in [1.82, 2.24) is 4.90 Å². The van der Waals surface area contributed by atoms with Gasteiger partial charge in [-0.2, -0.15) is 0 Å². The number of hydrogen-bond acceptors (Lipinski definition) is 2. The molecule has 1 N–H and O–H groups in total. The second-order valence-electron chi connectivity index (χ2n) is 5.80. The molecule has 2 nitrogen and oxygen atoms in total. The van der Waals surface area contributed by atoms with Crippen LogP contribution in [0.25, 0.3) is 0 Å². The lowest BCUT2D eigenvalue weighted by Crippen LogP contribution is -2.38. The van der Waals surface area contributed by atoms with Gasteiger partial charge in [0.05, 0.1) is 5.60 Å². The summed E-state index contributed by atoms with van der Waals surface area (Å²) in [5, 5.41) is 11.1. The van der Waals surface area contributed by atoms with Gasteiger partial charge in [-0.05, 0) is 31.6 Å². The molecule has 0 aromatic rings. The fourth-order valence-electron chi connectivity index (χ4n) is 3.11. The summed E-state index contributed by atoms with van der Waals surface area (Å²) < 4.78 is 0. The van der Waals surface area contributed by atoms with E-state index in [1.54, 1.807) is 0 Å². The molecule has 1 saturated carbocycles. The molecule has 1 unspecified atom stereocenters. The van der Waals surface area contributed by atoms with Crippen LogP contribution in [-0.4, -0.2) is 40.6 Å². The van der Waals surface area contributed by atoms with Gasteiger partial charge in [0.15, 0.2) is 0 Å². The number of aliphatic hydroxyl groups is 1. The molecule has 2 fully saturated rings. The average molecular weight is 276 g/mol. The second kappa shape index (κ2) is 4.34. The Morgan fingerprint density at radius 2 is 1.93 bits per heavy atom. The predicted octanol–water partition coefficient (Wildman–Crippen LogP) is 2.40. The fourth-order valence-corrected chi connectivity index (χ4v) is 3.85. The van der Waals surface area contributed by atoms with Crippen molar-refractivity contribution in [3.63, 3.8) is 0 Å². The minimum Gasteiger partial charge on any atom is -0.389 e. The molecule has 0 amide bonds. The van der Waals surface area contributed by atoms with E-state index in [0.717, 1.165) is 24.8 Å². The molecule has 1 saturated heterocycles. The number of rotatable bonds is 3. The number of hydrogen-bond donors (Lipinski definition) is 1. The van der Waals surface area contributed by atoms with Crippen molar-refractivity contribution >= 4 is 15.9 Å². The summed E-state index contributed by atoms with van der Waals surface area (Å²) in [5.41, 5.74) is 0.0620. The lowest BCUT2D eigenvalue weighted by atomic mass is 9.88. The maximum atomic E-state index is 9.94. The minimum atomic E-state index is -0.438. The number of β-amino-alcohol motifs (C(OH)–C–C–N with tert-alkyl or cyclic N) is 1. The summed E-state index contributed by atoms with van der Waals surface area (Å²) in [5.74, 6) is 0. The molecule has 1 aliphatic carbocycles. The molecule has 0 bridgehead atoms. The first-order chi connectivity index (χ1) is 7.05. The van der Waals surface area contributed by atoms with E-state index in [9.17, 15) is 5.11 Å². The number of halogens is 1. The standard InChI is InChI=1S/C12H22BrNO/c1-11(15)6-7-14(9-11)10-12(8-13)4-2-3-5-12/h15H,2-10H2,1H3. The van der Waals surface area contributed by atoms with E-state index >= 15 is 0 Å². The molecule has 1 aliphatic heterocycles. The Bertz CT molecular complexity index is 224. The first-order valence-electron chi connectivity index (χ1n) is 6.06. The van der Waals surface area contributed by atoms with Crippen molar-refractivity contribution in [2.24, 2.45) is 5.41 Å². The molecule has 1 atom stereocenters. The molecule has 3 heteroatoms. The van der Waals surface area contributed by atoms with Gasteiger partial charge in [-0.25, -0.2) is 0 Å². The van der Waals surface area contributed by atoms with Gasteiger partial charge < -0.3 is 5.11 Å². The zero-order valence-corrected chi connectivity index (χ0v) is 11.2. The van der Waals surface area contributed by atoms with Gasteiger partial charge in [0.1, 0.15) is 0 Å². The molecule has 88 valence electrons. The van der Waals surface area contributed by atoms with Gasteiger partial charge in [-0.15, -0.1) is 0 Å². The van der Waals surface area contributed by atoms with Crippen molar-refractivity contribution in [3.8, 4) is 0 Å². The zero-order valence-electron chi connectivity index (χ0n) is 9.64. The normalized spacial score (nSPS) is 36.2. The maximum Gasteiger partial charge on any atom is 0.0758 e. The lowest BCUT2D eigenvalue weighted by molar-refractivity contribution is 0.0628. The Labute approximate surface area is 101 Å². The summed E-state index contributed by atoms with van der Waals surface area (Å²) in [6.07, 6.45) is 6.42. The number of alkyl halides is 1. The lowest BCUT2D eigenvalue weighted by Gasteiger charge is -2.32. The van der Waals surface area contributed by atoms with Gasteiger partial charge in [0.25, 0.3) is 0 Å². The maximum absolute atomic E-state index is 9.94. The second-order valence-corrected chi connectivity index (χ2v) is 6.36. The summed E-state index contributed by atoms with van der Waals surface area (Å²) in [6.45, 7) is 5.07.